The Morgan fingerprint density at radius 1 is 1.06 bits per heavy atom. The van der Waals surface area contributed by atoms with E-state index in [1.54, 1.807) is 0 Å². The lowest BCUT2D eigenvalue weighted by molar-refractivity contribution is -0.310. The molecule has 16 heavy (non-hydrogen) atoms. The molecule has 0 radical (unpaired) electrons. The maximum atomic E-state index is 5.64. The second kappa shape index (κ2) is 4.12. The SMILES string of the molecule is c1ccc2cc(OC3CCOO3)ccc2c1. The van der Waals surface area contributed by atoms with E-state index in [2.05, 4.69) is 12.1 Å². The molecule has 1 fully saturated rings. The number of rotatable bonds is 2. The average molecular weight is 216 g/mol. The molecule has 2 aromatic rings. The summed E-state index contributed by atoms with van der Waals surface area (Å²) >= 11 is 0. The number of fused-ring (bicyclic) bond motifs is 1. The van der Waals surface area contributed by atoms with Crippen molar-refractivity contribution < 1.29 is 14.5 Å². The predicted octanol–water partition coefficient (Wildman–Crippen LogP) is 2.90. The van der Waals surface area contributed by atoms with Crippen LogP contribution in [0.4, 0.5) is 0 Å². The maximum absolute atomic E-state index is 5.64. The van der Waals surface area contributed by atoms with Gasteiger partial charge in [0.15, 0.2) is 0 Å². The van der Waals surface area contributed by atoms with Gasteiger partial charge in [-0.3, -0.25) is 0 Å². The second-order valence-corrected chi connectivity index (χ2v) is 3.76. The number of benzene rings is 2. The van der Waals surface area contributed by atoms with Gasteiger partial charge in [-0.15, -0.1) is 0 Å². The van der Waals surface area contributed by atoms with Gasteiger partial charge < -0.3 is 4.74 Å². The van der Waals surface area contributed by atoms with Crippen LogP contribution in [0, 0.1) is 0 Å². The van der Waals surface area contributed by atoms with Gasteiger partial charge in [-0.1, -0.05) is 30.3 Å². The summed E-state index contributed by atoms with van der Waals surface area (Å²) in [6, 6.07) is 14.2. The van der Waals surface area contributed by atoms with Gasteiger partial charge >= 0.3 is 0 Å². The van der Waals surface area contributed by atoms with E-state index in [1.165, 1.54) is 10.8 Å². The fourth-order valence-corrected chi connectivity index (χ4v) is 1.79. The lowest BCUT2D eigenvalue weighted by Gasteiger charge is -2.10. The average Bonchev–Trinajstić information content (AvgIpc) is 2.82. The third kappa shape index (κ3) is 1.87. The Labute approximate surface area is 93.5 Å². The van der Waals surface area contributed by atoms with Crippen LogP contribution in [-0.4, -0.2) is 12.9 Å². The van der Waals surface area contributed by atoms with Gasteiger partial charge in [0.2, 0.25) is 6.29 Å². The zero-order valence-corrected chi connectivity index (χ0v) is 8.76. The third-order valence-electron chi connectivity index (χ3n) is 2.60. The van der Waals surface area contributed by atoms with Gasteiger partial charge in [0.1, 0.15) is 5.75 Å². The van der Waals surface area contributed by atoms with Crippen LogP contribution in [0.15, 0.2) is 42.5 Å². The summed E-state index contributed by atoms with van der Waals surface area (Å²) in [7, 11) is 0. The molecule has 0 amide bonds. The van der Waals surface area contributed by atoms with Gasteiger partial charge in [0, 0.05) is 6.42 Å². The van der Waals surface area contributed by atoms with Crippen LogP contribution in [0.2, 0.25) is 0 Å². The van der Waals surface area contributed by atoms with Crippen molar-refractivity contribution in [1.29, 1.82) is 0 Å². The molecule has 82 valence electrons. The first kappa shape index (κ1) is 9.63. The summed E-state index contributed by atoms with van der Waals surface area (Å²) in [5, 5.41) is 2.37. The summed E-state index contributed by atoms with van der Waals surface area (Å²) in [5.74, 6) is 0.814. The first-order valence-corrected chi connectivity index (χ1v) is 5.35. The Hall–Kier alpha value is -1.58. The van der Waals surface area contributed by atoms with Gasteiger partial charge in [-0.25, -0.2) is 4.89 Å². The highest BCUT2D eigenvalue weighted by Crippen LogP contribution is 2.23. The molecule has 1 aliphatic rings. The van der Waals surface area contributed by atoms with Crippen molar-refractivity contribution in [3.63, 3.8) is 0 Å². The van der Waals surface area contributed by atoms with Crippen LogP contribution in [0.1, 0.15) is 6.42 Å². The van der Waals surface area contributed by atoms with Crippen molar-refractivity contribution in [3.05, 3.63) is 42.5 Å². The summed E-state index contributed by atoms with van der Waals surface area (Å²) < 4.78 is 5.64. The molecule has 1 atom stereocenters. The first-order chi connectivity index (χ1) is 7.92. The van der Waals surface area contributed by atoms with Crippen LogP contribution in [-0.2, 0) is 9.78 Å². The third-order valence-corrected chi connectivity index (χ3v) is 2.60. The van der Waals surface area contributed by atoms with Crippen LogP contribution >= 0.6 is 0 Å². The minimum Gasteiger partial charge on any atom is -0.462 e. The molecule has 0 aliphatic carbocycles. The lowest BCUT2D eigenvalue weighted by Crippen LogP contribution is -2.13. The van der Waals surface area contributed by atoms with Crippen molar-refractivity contribution in [1.82, 2.24) is 0 Å². The smallest absolute Gasteiger partial charge is 0.233 e. The first-order valence-electron chi connectivity index (χ1n) is 5.35. The molecule has 1 saturated heterocycles. The van der Waals surface area contributed by atoms with E-state index in [9.17, 15) is 0 Å². The second-order valence-electron chi connectivity index (χ2n) is 3.76. The summed E-state index contributed by atoms with van der Waals surface area (Å²) in [4.78, 5) is 9.74. The molecule has 0 N–H and O–H groups in total. The Morgan fingerprint density at radius 3 is 2.75 bits per heavy atom. The Bertz CT molecular complexity index is 489. The molecular formula is C13H12O3. The fourth-order valence-electron chi connectivity index (χ4n) is 1.79. The van der Waals surface area contributed by atoms with Crippen LogP contribution in [0.3, 0.4) is 0 Å². The lowest BCUT2D eigenvalue weighted by atomic mass is 10.1. The number of hydrogen-bond donors (Lipinski definition) is 0. The van der Waals surface area contributed by atoms with E-state index in [1.807, 2.05) is 30.3 Å². The van der Waals surface area contributed by atoms with Gasteiger partial charge in [-0.05, 0) is 22.9 Å². The molecule has 3 nitrogen and oxygen atoms in total. The van der Waals surface area contributed by atoms with Gasteiger partial charge in [-0.2, -0.15) is 4.89 Å². The topological polar surface area (TPSA) is 27.7 Å². The Morgan fingerprint density at radius 2 is 1.94 bits per heavy atom. The molecule has 0 bridgehead atoms. The molecule has 0 spiro atoms. The summed E-state index contributed by atoms with van der Waals surface area (Å²) in [5.41, 5.74) is 0. The van der Waals surface area contributed by atoms with E-state index in [0.717, 1.165) is 12.2 Å². The molecule has 1 aliphatic heterocycles. The molecule has 0 aromatic heterocycles. The van der Waals surface area contributed by atoms with Crippen LogP contribution in [0.5, 0.6) is 5.75 Å². The molecule has 1 heterocycles. The minimum absolute atomic E-state index is 0.277. The van der Waals surface area contributed by atoms with Gasteiger partial charge in [0.05, 0.1) is 6.61 Å². The van der Waals surface area contributed by atoms with Crippen LogP contribution < -0.4 is 4.74 Å². The highest BCUT2D eigenvalue weighted by atomic mass is 17.2. The standard InChI is InChI=1S/C13H12O3/c1-2-4-11-9-12(6-5-10(11)3-1)15-13-7-8-14-16-13/h1-6,9,13H,7-8H2. The maximum Gasteiger partial charge on any atom is 0.233 e. The Kier molecular flexibility index (Phi) is 2.48. The van der Waals surface area contributed by atoms with Crippen molar-refractivity contribution in [3.8, 4) is 5.75 Å². The molecule has 2 aromatic carbocycles. The van der Waals surface area contributed by atoms with Gasteiger partial charge in [0.25, 0.3) is 0 Å². The van der Waals surface area contributed by atoms with E-state index < -0.39 is 0 Å². The van der Waals surface area contributed by atoms with Crippen molar-refractivity contribution in [2.45, 2.75) is 12.7 Å². The highest BCUT2D eigenvalue weighted by Gasteiger charge is 2.18. The predicted molar refractivity (Wildman–Crippen MR) is 60.0 cm³/mol. The molecule has 1 unspecified atom stereocenters. The van der Waals surface area contributed by atoms with Crippen molar-refractivity contribution >= 4 is 10.8 Å². The molecule has 3 heteroatoms. The van der Waals surface area contributed by atoms with E-state index in [-0.39, 0.29) is 6.29 Å². The quantitative estimate of drug-likeness (QED) is 0.722. The molecular weight excluding hydrogens is 204 g/mol. The van der Waals surface area contributed by atoms with Crippen molar-refractivity contribution in [2.24, 2.45) is 0 Å². The van der Waals surface area contributed by atoms with Crippen LogP contribution in [0.25, 0.3) is 10.8 Å². The van der Waals surface area contributed by atoms with E-state index in [0.29, 0.717) is 6.61 Å². The minimum atomic E-state index is -0.277. The fraction of sp³-hybridized carbons (Fsp3) is 0.231. The van der Waals surface area contributed by atoms with E-state index in [4.69, 9.17) is 14.5 Å². The summed E-state index contributed by atoms with van der Waals surface area (Å²) in [6.45, 7) is 0.595. The monoisotopic (exact) mass is 216 g/mol. The number of ether oxygens (including phenoxy) is 1. The zero-order chi connectivity index (χ0) is 10.8. The summed E-state index contributed by atoms with van der Waals surface area (Å²) in [6.07, 6.45) is 0.494. The largest absolute Gasteiger partial charge is 0.462 e. The van der Waals surface area contributed by atoms with Crippen molar-refractivity contribution in [2.75, 3.05) is 6.61 Å². The highest BCUT2D eigenvalue weighted by molar-refractivity contribution is 5.83. The van der Waals surface area contributed by atoms with E-state index >= 15 is 0 Å². The normalized spacial score (nSPS) is 20.1. The number of hydrogen-bond acceptors (Lipinski definition) is 3. The molecule has 0 saturated carbocycles. The molecule has 3 rings (SSSR count). The zero-order valence-electron chi connectivity index (χ0n) is 8.76. The Balaban J connectivity index is 1.86.